The van der Waals surface area contributed by atoms with E-state index in [4.69, 9.17) is 8.85 Å². The van der Waals surface area contributed by atoms with Crippen molar-refractivity contribution in [1.82, 2.24) is 4.98 Å². The monoisotopic (exact) mass is 230 g/mol. The first-order chi connectivity index (χ1) is 7.11. The van der Waals surface area contributed by atoms with Crippen LogP contribution >= 0.6 is 15.9 Å². The molecule has 2 rings (SSSR count). The maximum Gasteiger partial charge on any atom is 0.106 e. The molecule has 1 aliphatic heterocycles. The lowest BCUT2D eigenvalue weighted by atomic mass is 10.0. The summed E-state index contributed by atoms with van der Waals surface area (Å²) in [5.74, 6) is 0.0633. The van der Waals surface area contributed by atoms with Crippen molar-refractivity contribution in [3.05, 3.63) is 28.4 Å². The zero-order valence-corrected chi connectivity index (χ0v) is 8.02. The number of halogens is 1. The minimum Gasteiger partial charge on any atom is -0.381 e. The molecule has 64 valence electrons. The Morgan fingerprint density at radius 1 is 1.75 bits per heavy atom. The van der Waals surface area contributed by atoms with Crippen LogP contribution in [-0.2, 0) is 4.74 Å². The number of aromatic nitrogens is 1. The molecule has 1 unspecified atom stereocenters. The molecule has 0 aromatic carbocycles. The van der Waals surface area contributed by atoms with Gasteiger partial charge in [0.05, 0.1) is 10.7 Å². The molecule has 1 atom stereocenters. The van der Waals surface area contributed by atoms with Crippen molar-refractivity contribution in [3.63, 3.8) is 0 Å². The van der Waals surface area contributed by atoms with Crippen LogP contribution in [0.5, 0.6) is 0 Å². The van der Waals surface area contributed by atoms with E-state index in [9.17, 15) is 0 Å². The predicted molar refractivity (Wildman–Crippen MR) is 50.1 cm³/mol. The van der Waals surface area contributed by atoms with Gasteiger partial charge in [-0.15, -0.1) is 0 Å². The molecule has 1 aromatic rings. The predicted octanol–water partition coefficient (Wildman–Crippen LogP) is 2.35. The molecule has 2 heterocycles. The summed E-state index contributed by atoms with van der Waals surface area (Å²) >= 11 is 3.14. The second kappa shape index (κ2) is 3.54. The lowest BCUT2D eigenvalue weighted by Gasteiger charge is -2.06. The van der Waals surface area contributed by atoms with Crippen LogP contribution in [0.1, 0.15) is 22.0 Å². The molecule has 0 spiro atoms. The maximum atomic E-state index is 7.83. The van der Waals surface area contributed by atoms with Gasteiger partial charge in [-0.25, -0.2) is 4.98 Å². The summed E-state index contributed by atoms with van der Waals surface area (Å²) in [6.07, 6.45) is 0.730. The van der Waals surface area contributed by atoms with Gasteiger partial charge < -0.3 is 4.74 Å². The molecule has 0 bridgehead atoms. The first kappa shape index (κ1) is 5.35. The summed E-state index contributed by atoms with van der Waals surface area (Å²) in [6.45, 7) is 1.20. The van der Waals surface area contributed by atoms with Gasteiger partial charge in [0.1, 0.15) is 4.60 Å². The van der Waals surface area contributed by atoms with Crippen LogP contribution in [0.15, 0.2) is 22.9 Å². The molecule has 12 heavy (non-hydrogen) atoms. The lowest BCUT2D eigenvalue weighted by Crippen LogP contribution is -1.97. The van der Waals surface area contributed by atoms with Crippen molar-refractivity contribution >= 4 is 15.9 Å². The van der Waals surface area contributed by atoms with E-state index in [0.717, 1.165) is 6.42 Å². The van der Waals surface area contributed by atoms with E-state index in [1.165, 1.54) is 0 Å². The van der Waals surface area contributed by atoms with Crippen molar-refractivity contribution in [2.24, 2.45) is 0 Å². The summed E-state index contributed by atoms with van der Waals surface area (Å²) in [4.78, 5) is 3.77. The number of ether oxygens (including phenoxy) is 1. The van der Waals surface area contributed by atoms with E-state index in [1.54, 1.807) is 0 Å². The van der Waals surface area contributed by atoms with Crippen LogP contribution in [0.25, 0.3) is 0 Å². The van der Waals surface area contributed by atoms with E-state index in [1.807, 2.05) is 0 Å². The SMILES string of the molecule is [2H]c1nc(Br)c([2H])c(C2CCOC2)c1[2H]. The summed E-state index contributed by atoms with van der Waals surface area (Å²) < 4.78 is 28.7. The van der Waals surface area contributed by atoms with E-state index < -0.39 is 0 Å². The maximum absolute atomic E-state index is 7.83. The fraction of sp³-hybridized carbons (Fsp3) is 0.444. The third-order valence-corrected chi connectivity index (χ3v) is 2.30. The highest BCUT2D eigenvalue weighted by molar-refractivity contribution is 9.10. The summed E-state index contributed by atoms with van der Waals surface area (Å²) in [5.41, 5.74) is 0.583. The third kappa shape index (κ3) is 1.67. The molecule has 0 aliphatic carbocycles. The van der Waals surface area contributed by atoms with Gasteiger partial charge >= 0.3 is 0 Å². The zero-order chi connectivity index (χ0) is 11.0. The standard InChI is InChI=1S/C9H10BrNO/c10-9-5-7(1-3-11-9)8-2-4-12-6-8/h1,3,5,8H,2,4,6H2/i1D,3D,5D. The summed E-state index contributed by atoms with van der Waals surface area (Å²) in [7, 11) is 0. The van der Waals surface area contributed by atoms with E-state index in [2.05, 4.69) is 20.9 Å². The molecule has 2 nitrogen and oxygen atoms in total. The van der Waals surface area contributed by atoms with Crippen molar-refractivity contribution in [2.75, 3.05) is 13.2 Å². The first-order valence-electron chi connectivity index (χ1n) is 5.32. The van der Waals surface area contributed by atoms with Crippen molar-refractivity contribution in [2.45, 2.75) is 12.3 Å². The lowest BCUT2D eigenvalue weighted by molar-refractivity contribution is 0.194. The number of pyridine rings is 1. The quantitative estimate of drug-likeness (QED) is 0.692. The van der Waals surface area contributed by atoms with E-state index >= 15 is 0 Å². The topological polar surface area (TPSA) is 22.1 Å². The number of hydrogen-bond donors (Lipinski definition) is 0. The Labute approximate surface area is 84.3 Å². The second-order valence-electron chi connectivity index (χ2n) is 2.74. The van der Waals surface area contributed by atoms with Crippen molar-refractivity contribution in [3.8, 4) is 0 Å². The number of hydrogen-bond acceptors (Lipinski definition) is 2. The minimum atomic E-state index is -0.0835. The molecule has 1 aromatic heterocycles. The number of rotatable bonds is 1. The Kier molecular flexibility index (Phi) is 1.58. The Morgan fingerprint density at radius 2 is 2.67 bits per heavy atom. The molecule has 0 saturated carbocycles. The van der Waals surface area contributed by atoms with Crippen LogP contribution in [0, 0.1) is 0 Å². The fourth-order valence-corrected chi connectivity index (χ4v) is 1.58. The fourth-order valence-electron chi connectivity index (χ4n) is 1.27. The van der Waals surface area contributed by atoms with Gasteiger partial charge in [-0.3, -0.25) is 0 Å². The Morgan fingerprint density at radius 3 is 3.42 bits per heavy atom. The van der Waals surface area contributed by atoms with Gasteiger partial charge in [0.2, 0.25) is 0 Å². The molecule has 0 radical (unpaired) electrons. The molecular weight excluding hydrogens is 218 g/mol. The van der Waals surface area contributed by atoms with Crippen LogP contribution < -0.4 is 0 Å². The highest BCUT2D eigenvalue weighted by Crippen LogP contribution is 2.25. The van der Waals surface area contributed by atoms with Crippen LogP contribution in [-0.4, -0.2) is 18.2 Å². The zero-order valence-electron chi connectivity index (χ0n) is 9.43. The molecule has 1 fully saturated rings. The Balaban J connectivity index is 2.52. The summed E-state index contributed by atoms with van der Waals surface area (Å²) in [6, 6.07) is 0.269. The Bertz CT molecular complexity index is 367. The van der Waals surface area contributed by atoms with Gasteiger partial charge in [-0.2, -0.15) is 0 Å². The van der Waals surface area contributed by atoms with E-state index in [0.29, 0.717) is 23.4 Å². The largest absolute Gasteiger partial charge is 0.381 e. The van der Waals surface area contributed by atoms with Gasteiger partial charge in [0.15, 0.2) is 0 Å². The molecular formula is C9H10BrNO. The average molecular weight is 231 g/mol. The van der Waals surface area contributed by atoms with Crippen molar-refractivity contribution < 1.29 is 8.85 Å². The first-order valence-corrected chi connectivity index (χ1v) is 4.61. The second-order valence-corrected chi connectivity index (χ2v) is 3.49. The summed E-state index contributed by atoms with van der Waals surface area (Å²) in [5, 5.41) is 0. The van der Waals surface area contributed by atoms with E-state index in [-0.39, 0.29) is 24.2 Å². The highest BCUT2D eigenvalue weighted by Gasteiger charge is 2.17. The highest BCUT2D eigenvalue weighted by atomic mass is 79.9. The molecule has 0 N–H and O–H groups in total. The minimum absolute atomic E-state index is 0.0544. The molecule has 3 heteroatoms. The van der Waals surface area contributed by atoms with Crippen molar-refractivity contribution in [1.29, 1.82) is 0 Å². The van der Waals surface area contributed by atoms with Crippen LogP contribution in [0.4, 0.5) is 0 Å². The smallest absolute Gasteiger partial charge is 0.106 e. The normalized spacial score (nSPS) is 26.4. The van der Waals surface area contributed by atoms with Crippen LogP contribution in [0.2, 0.25) is 0 Å². The van der Waals surface area contributed by atoms with Gasteiger partial charge in [-0.05, 0) is 40.0 Å². The average Bonchev–Trinajstić information content (AvgIpc) is 2.69. The van der Waals surface area contributed by atoms with Gasteiger partial charge in [0.25, 0.3) is 0 Å². The number of nitrogens with zero attached hydrogens (tertiary/aromatic N) is 1. The molecule has 0 amide bonds. The third-order valence-electron chi connectivity index (χ3n) is 1.92. The molecule has 1 aliphatic rings. The Hall–Kier alpha value is -0.410. The molecule has 1 saturated heterocycles. The van der Waals surface area contributed by atoms with Crippen LogP contribution in [0.3, 0.4) is 0 Å². The van der Waals surface area contributed by atoms with Gasteiger partial charge in [-0.1, -0.05) is 0 Å². The van der Waals surface area contributed by atoms with Gasteiger partial charge in [0, 0.05) is 18.7 Å².